The monoisotopic (exact) mass is 376 g/mol. The molecule has 1 aliphatic heterocycles. The zero-order valence-electron chi connectivity index (χ0n) is 12.3. The molecule has 0 aliphatic carbocycles. The van der Waals surface area contributed by atoms with Crippen molar-refractivity contribution in [2.75, 3.05) is 26.7 Å². The van der Waals surface area contributed by atoms with Gasteiger partial charge in [-0.15, -0.1) is 0 Å². The third-order valence-corrected chi connectivity index (χ3v) is 6.11. The van der Waals surface area contributed by atoms with Gasteiger partial charge in [-0.2, -0.15) is 4.31 Å². The van der Waals surface area contributed by atoms with E-state index in [9.17, 15) is 8.42 Å². The van der Waals surface area contributed by atoms with Crippen LogP contribution in [0.1, 0.15) is 19.8 Å². The van der Waals surface area contributed by atoms with E-state index in [2.05, 4.69) is 21.2 Å². The van der Waals surface area contributed by atoms with Crippen molar-refractivity contribution in [3.8, 4) is 5.75 Å². The van der Waals surface area contributed by atoms with Crippen LogP contribution in [0, 0.1) is 0 Å². The van der Waals surface area contributed by atoms with Gasteiger partial charge in [-0.25, -0.2) is 8.42 Å². The van der Waals surface area contributed by atoms with E-state index in [0.717, 1.165) is 30.4 Å². The second-order valence-corrected chi connectivity index (χ2v) is 7.91. The Morgan fingerprint density at radius 2 is 2.05 bits per heavy atom. The molecule has 1 aliphatic rings. The minimum Gasteiger partial charge on any atom is -0.492 e. The van der Waals surface area contributed by atoms with Crippen LogP contribution in [0.25, 0.3) is 0 Å². The fourth-order valence-corrected chi connectivity index (χ4v) is 4.56. The Morgan fingerprint density at radius 1 is 1.38 bits per heavy atom. The molecule has 1 N–H and O–H groups in total. The zero-order valence-corrected chi connectivity index (χ0v) is 14.7. The number of nitrogens with zero attached hydrogens (tertiary/aromatic N) is 1. The zero-order chi connectivity index (χ0) is 15.5. The number of ether oxygens (including phenoxy) is 1. The molecule has 118 valence electrons. The number of halogens is 1. The van der Waals surface area contributed by atoms with Gasteiger partial charge in [0.1, 0.15) is 10.6 Å². The highest BCUT2D eigenvalue weighted by atomic mass is 79.9. The van der Waals surface area contributed by atoms with Crippen molar-refractivity contribution in [3.63, 3.8) is 0 Å². The minimum absolute atomic E-state index is 0.0321. The van der Waals surface area contributed by atoms with E-state index in [1.54, 1.807) is 25.2 Å². The average Bonchev–Trinajstić information content (AvgIpc) is 2.49. The maximum absolute atomic E-state index is 12.9. The Hall–Kier alpha value is -0.630. The van der Waals surface area contributed by atoms with Crippen molar-refractivity contribution >= 4 is 26.0 Å². The van der Waals surface area contributed by atoms with Crippen LogP contribution in [-0.4, -0.2) is 45.5 Å². The van der Waals surface area contributed by atoms with Gasteiger partial charge in [0.25, 0.3) is 0 Å². The molecule has 1 saturated heterocycles. The normalized spacial score (nSPS) is 17.1. The molecule has 1 aromatic rings. The molecule has 0 radical (unpaired) electrons. The molecule has 0 saturated carbocycles. The first-order chi connectivity index (χ1) is 9.96. The standard InChI is InChI=1S/C14H21BrN2O3S/c1-3-20-13-5-4-11(15)10-14(13)21(18,19)17(2)12-6-8-16-9-7-12/h4-5,10,12,16H,3,6-9H2,1-2H3. The first-order valence-electron chi connectivity index (χ1n) is 7.08. The van der Waals surface area contributed by atoms with Gasteiger partial charge in [0.05, 0.1) is 6.61 Å². The van der Waals surface area contributed by atoms with Gasteiger partial charge in [-0.05, 0) is 51.1 Å². The lowest BCUT2D eigenvalue weighted by Crippen LogP contribution is -2.43. The first-order valence-corrected chi connectivity index (χ1v) is 9.31. The SMILES string of the molecule is CCOc1ccc(Br)cc1S(=O)(=O)N(C)C1CCNCC1. The molecule has 1 aromatic carbocycles. The second kappa shape index (κ2) is 7.09. The summed E-state index contributed by atoms with van der Waals surface area (Å²) in [6, 6.07) is 5.12. The van der Waals surface area contributed by atoms with Gasteiger partial charge < -0.3 is 10.1 Å². The molecular weight excluding hydrogens is 356 g/mol. The summed E-state index contributed by atoms with van der Waals surface area (Å²) in [5.74, 6) is 0.404. The van der Waals surface area contributed by atoms with Gasteiger partial charge >= 0.3 is 0 Å². The number of piperidine rings is 1. The molecule has 0 amide bonds. The lowest BCUT2D eigenvalue weighted by Gasteiger charge is -2.31. The summed E-state index contributed by atoms with van der Waals surface area (Å²) in [7, 11) is -1.91. The average molecular weight is 377 g/mol. The topological polar surface area (TPSA) is 58.6 Å². The van der Waals surface area contributed by atoms with Gasteiger partial charge in [-0.3, -0.25) is 0 Å². The summed E-state index contributed by atoms with van der Waals surface area (Å²) in [6.45, 7) is 3.97. The maximum Gasteiger partial charge on any atom is 0.246 e. The number of rotatable bonds is 5. The molecule has 7 heteroatoms. The number of hydrogen-bond acceptors (Lipinski definition) is 4. The fraction of sp³-hybridized carbons (Fsp3) is 0.571. The van der Waals surface area contributed by atoms with Gasteiger partial charge in [-0.1, -0.05) is 15.9 Å². The van der Waals surface area contributed by atoms with Crippen LogP contribution in [-0.2, 0) is 10.0 Å². The Morgan fingerprint density at radius 3 is 2.67 bits per heavy atom. The molecule has 0 bridgehead atoms. The predicted molar refractivity (Wildman–Crippen MR) is 86.2 cm³/mol. The summed E-state index contributed by atoms with van der Waals surface area (Å²) < 4.78 is 33.5. The van der Waals surface area contributed by atoms with Crippen molar-refractivity contribution in [2.45, 2.75) is 30.7 Å². The van der Waals surface area contributed by atoms with Crippen LogP contribution in [0.3, 0.4) is 0 Å². The summed E-state index contributed by atoms with van der Waals surface area (Å²) >= 11 is 3.34. The van der Waals surface area contributed by atoms with Gasteiger partial charge in [0.15, 0.2) is 0 Å². The van der Waals surface area contributed by atoms with Crippen molar-refractivity contribution in [1.82, 2.24) is 9.62 Å². The van der Waals surface area contributed by atoms with Crippen molar-refractivity contribution in [1.29, 1.82) is 0 Å². The Kier molecular flexibility index (Phi) is 5.65. The number of sulfonamides is 1. The predicted octanol–water partition coefficient (Wildman–Crippen LogP) is 2.22. The van der Waals surface area contributed by atoms with Crippen LogP contribution in [0.4, 0.5) is 0 Å². The largest absolute Gasteiger partial charge is 0.492 e. The van der Waals surface area contributed by atoms with Crippen molar-refractivity contribution in [2.24, 2.45) is 0 Å². The van der Waals surface area contributed by atoms with Crippen LogP contribution in [0.15, 0.2) is 27.6 Å². The van der Waals surface area contributed by atoms with Crippen LogP contribution < -0.4 is 10.1 Å². The van der Waals surface area contributed by atoms with Crippen LogP contribution in [0.2, 0.25) is 0 Å². The second-order valence-electron chi connectivity index (χ2n) is 5.03. The van der Waals surface area contributed by atoms with E-state index in [0.29, 0.717) is 12.4 Å². The third-order valence-electron chi connectivity index (χ3n) is 3.69. The Bertz CT molecular complexity index is 586. The molecule has 1 heterocycles. The maximum atomic E-state index is 12.9. The van der Waals surface area contributed by atoms with E-state index in [-0.39, 0.29) is 10.9 Å². The first kappa shape index (κ1) is 16.7. The quantitative estimate of drug-likeness (QED) is 0.855. The molecule has 0 unspecified atom stereocenters. The molecule has 1 fully saturated rings. The summed E-state index contributed by atoms with van der Waals surface area (Å²) in [5, 5.41) is 3.25. The van der Waals surface area contributed by atoms with Crippen LogP contribution >= 0.6 is 15.9 Å². The summed E-state index contributed by atoms with van der Waals surface area (Å²) in [4.78, 5) is 0.222. The van der Waals surface area contributed by atoms with Gasteiger partial charge in [0.2, 0.25) is 10.0 Å². The van der Waals surface area contributed by atoms with E-state index in [1.165, 1.54) is 4.31 Å². The molecule has 0 aromatic heterocycles. The molecule has 2 rings (SSSR count). The van der Waals surface area contributed by atoms with E-state index in [1.807, 2.05) is 6.92 Å². The third kappa shape index (κ3) is 3.77. The van der Waals surface area contributed by atoms with E-state index >= 15 is 0 Å². The summed E-state index contributed by atoms with van der Waals surface area (Å²) in [6.07, 6.45) is 1.65. The van der Waals surface area contributed by atoms with Crippen LogP contribution in [0.5, 0.6) is 5.75 Å². The Balaban J connectivity index is 2.35. The van der Waals surface area contributed by atoms with E-state index < -0.39 is 10.0 Å². The van der Waals surface area contributed by atoms with Crippen molar-refractivity contribution < 1.29 is 13.2 Å². The smallest absolute Gasteiger partial charge is 0.246 e. The highest BCUT2D eigenvalue weighted by molar-refractivity contribution is 9.10. The molecule has 0 spiro atoms. The van der Waals surface area contributed by atoms with Crippen molar-refractivity contribution in [3.05, 3.63) is 22.7 Å². The van der Waals surface area contributed by atoms with E-state index in [4.69, 9.17) is 4.74 Å². The molecule has 0 atom stereocenters. The highest BCUT2D eigenvalue weighted by Crippen LogP contribution is 2.31. The number of benzene rings is 1. The minimum atomic E-state index is -3.56. The molecule has 5 nitrogen and oxygen atoms in total. The molecular formula is C14H21BrN2O3S. The summed E-state index contributed by atoms with van der Waals surface area (Å²) in [5.41, 5.74) is 0. The lowest BCUT2D eigenvalue weighted by atomic mass is 10.1. The fourth-order valence-electron chi connectivity index (χ4n) is 2.48. The number of hydrogen-bond donors (Lipinski definition) is 1. The Labute approximate surface area is 134 Å². The highest BCUT2D eigenvalue weighted by Gasteiger charge is 2.31. The molecule has 21 heavy (non-hydrogen) atoms. The number of nitrogens with one attached hydrogen (secondary N) is 1. The lowest BCUT2D eigenvalue weighted by molar-refractivity contribution is 0.293. The van der Waals surface area contributed by atoms with Gasteiger partial charge in [0, 0.05) is 17.6 Å².